The fraction of sp³-hybridized carbons (Fsp3) is 0.722. The molecule has 0 radical (unpaired) electrons. The molecule has 10 heteroatoms. The summed E-state index contributed by atoms with van der Waals surface area (Å²) < 4.78 is 30.3. The monoisotopic (exact) mass is 430 g/mol. The van der Waals surface area contributed by atoms with Crippen molar-refractivity contribution in [1.82, 2.24) is 9.47 Å². The first kappa shape index (κ1) is 21.0. The number of thiazole rings is 1. The first-order valence-electron chi connectivity index (χ1n) is 9.59. The lowest BCUT2D eigenvalue weighted by Crippen LogP contribution is -2.48. The maximum atomic E-state index is 12.8. The van der Waals surface area contributed by atoms with Crippen molar-refractivity contribution in [2.75, 3.05) is 18.1 Å². The topological polar surface area (TPSA) is 103 Å². The minimum atomic E-state index is -3.11. The van der Waals surface area contributed by atoms with Crippen LogP contribution in [0.4, 0.5) is 0 Å². The van der Waals surface area contributed by atoms with Gasteiger partial charge in [-0.15, -0.1) is 0 Å². The Bertz CT molecular complexity index is 882. The van der Waals surface area contributed by atoms with Crippen LogP contribution in [0.25, 0.3) is 0 Å². The Balaban J connectivity index is 1.56. The molecule has 0 spiro atoms. The Labute approximate surface area is 168 Å². The zero-order valence-electron chi connectivity index (χ0n) is 16.0. The molecule has 156 valence electrons. The van der Waals surface area contributed by atoms with E-state index in [2.05, 4.69) is 0 Å². The predicted molar refractivity (Wildman–Crippen MR) is 105 cm³/mol. The predicted octanol–water partition coefficient (Wildman–Crippen LogP) is 1.11. The minimum Gasteiger partial charge on any atom is -0.456 e. The van der Waals surface area contributed by atoms with Crippen molar-refractivity contribution in [2.45, 2.75) is 64.1 Å². The van der Waals surface area contributed by atoms with Gasteiger partial charge < -0.3 is 14.2 Å². The Morgan fingerprint density at radius 2 is 1.96 bits per heavy atom. The van der Waals surface area contributed by atoms with Crippen LogP contribution in [0.2, 0.25) is 0 Å². The van der Waals surface area contributed by atoms with Crippen molar-refractivity contribution < 1.29 is 22.7 Å². The molecule has 2 aliphatic rings. The van der Waals surface area contributed by atoms with Crippen molar-refractivity contribution in [2.24, 2.45) is 0 Å². The summed E-state index contributed by atoms with van der Waals surface area (Å²) in [5.41, 5.74) is 0.786. The smallest absolute Gasteiger partial charge is 0.308 e. The lowest BCUT2D eigenvalue weighted by Gasteiger charge is -2.33. The molecule has 8 nitrogen and oxygen atoms in total. The van der Waals surface area contributed by atoms with Gasteiger partial charge in [0.15, 0.2) is 16.4 Å². The molecule has 1 saturated heterocycles. The average Bonchev–Trinajstić information content (AvgIpc) is 3.35. The number of hydrogen-bond acceptors (Lipinski definition) is 7. The molecule has 3 rings (SSSR count). The Morgan fingerprint density at radius 1 is 1.25 bits per heavy atom. The molecule has 1 aliphatic carbocycles. The van der Waals surface area contributed by atoms with Gasteiger partial charge in [0.25, 0.3) is 5.91 Å². The molecular formula is C18H26N2O6S2. The highest BCUT2D eigenvalue weighted by Gasteiger charge is 2.39. The molecule has 1 aromatic heterocycles. The molecule has 1 unspecified atom stereocenters. The summed E-state index contributed by atoms with van der Waals surface area (Å²) in [5, 5.41) is 1.73. The molecule has 0 aromatic carbocycles. The summed E-state index contributed by atoms with van der Waals surface area (Å²) in [6, 6.07) is -0.303. The quantitative estimate of drug-likeness (QED) is 0.601. The third-order valence-electron chi connectivity index (χ3n) is 5.48. The number of sulfone groups is 1. The summed E-state index contributed by atoms with van der Waals surface area (Å²) in [7, 11) is -3.11. The first-order valence-corrected chi connectivity index (χ1v) is 12.3. The maximum absolute atomic E-state index is 12.8. The summed E-state index contributed by atoms with van der Waals surface area (Å²) in [4.78, 5) is 38.0. The normalized spacial score (nSPS) is 21.7. The standard InChI is InChI=1S/C18H26N2O6S2/c1-13-11-27-18(23)19(13)8-6-17(22)26-10-16(21)20(14-4-2-3-5-14)15-7-9-28(24,25)12-15/h11,14-15H,2-10,12H2,1H3. The highest BCUT2D eigenvalue weighted by atomic mass is 32.2. The number of ether oxygens (including phenoxy) is 1. The molecule has 1 saturated carbocycles. The molecule has 0 N–H and O–H groups in total. The zero-order valence-corrected chi connectivity index (χ0v) is 17.6. The SMILES string of the molecule is Cc1csc(=O)n1CCC(=O)OCC(=O)N(C1CCCC1)C1CCS(=O)(=O)C1. The summed E-state index contributed by atoms with van der Waals surface area (Å²) in [5.74, 6) is -0.783. The molecular weight excluding hydrogens is 404 g/mol. The van der Waals surface area contributed by atoms with Gasteiger partial charge in [-0.05, 0) is 26.2 Å². The van der Waals surface area contributed by atoms with E-state index >= 15 is 0 Å². The highest BCUT2D eigenvalue weighted by Crippen LogP contribution is 2.29. The van der Waals surface area contributed by atoms with E-state index in [1.807, 2.05) is 0 Å². The highest BCUT2D eigenvalue weighted by molar-refractivity contribution is 7.91. The average molecular weight is 431 g/mol. The van der Waals surface area contributed by atoms with Gasteiger partial charge in [-0.25, -0.2) is 8.42 Å². The number of hydrogen-bond donors (Lipinski definition) is 0. The van der Waals surface area contributed by atoms with Crippen LogP contribution in [0.1, 0.15) is 44.2 Å². The van der Waals surface area contributed by atoms with E-state index < -0.39 is 15.8 Å². The van der Waals surface area contributed by atoms with Crippen LogP contribution in [-0.4, -0.2) is 60.0 Å². The summed E-state index contributed by atoms with van der Waals surface area (Å²) >= 11 is 1.08. The van der Waals surface area contributed by atoms with Gasteiger partial charge in [0.05, 0.1) is 17.9 Å². The lowest BCUT2D eigenvalue weighted by atomic mass is 10.1. The Kier molecular flexibility index (Phi) is 6.59. The zero-order chi connectivity index (χ0) is 20.3. The second-order valence-corrected chi connectivity index (χ2v) is 10.6. The van der Waals surface area contributed by atoms with Crippen molar-refractivity contribution in [1.29, 1.82) is 0 Å². The Morgan fingerprint density at radius 3 is 2.54 bits per heavy atom. The van der Waals surface area contributed by atoms with Gasteiger partial charge in [0.1, 0.15) is 0 Å². The number of carbonyl (C=O) groups is 2. The maximum Gasteiger partial charge on any atom is 0.308 e. The number of aromatic nitrogens is 1. The first-order chi connectivity index (χ1) is 13.3. The molecule has 28 heavy (non-hydrogen) atoms. The summed E-state index contributed by atoms with van der Waals surface area (Å²) in [6.07, 6.45) is 4.20. The fourth-order valence-corrected chi connectivity index (χ4v) is 6.52. The minimum absolute atomic E-state index is 0.00595. The number of carbonyl (C=O) groups excluding carboxylic acids is 2. The summed E-state index contributed by atoms with van der Waals surface area (Å²) in [6.45, 7) is 1.62. The molecule has 0 bridgehead atoms. The van der Waals surface area contributed by atoms with Gasteiger partial charge >= 0.3 is 10.8 Å². The van der Waals surface area contributed by atoms with E-state index in [1.165, 1.54) is 4.57 Å². The Hall–Kier alpha value is -1.68. The largest absolute Gasteiger partial charge is 0.456 e. The van der Waals surface area contributed by atoms with Crippen LogP contribution in [0, 0.1) is 6.92 Å². The van der Waals surface area contributed by atoms with E-state index in [4.69, 9.17) is 4.74 Å². The number of nitrogens with zero attached hydrogens (tertiary/aromatic N) is 2. The number of esters is 1. The van der Waals surface area contributed by atoms with E-state index in [0.717, 1.165) is 42.7 Å². The van der Waals surface area contributed by atoms with Gasteiger partial charge in [-0.1, -0.05) is 24.2 Å². The molecule has 1 aromatic rings. The van der Waals surface area contributed by atoms with Crippen molar-refractivity contribution in [3.05, 3.63) is 20.7 Å². The van der Waals surface area contributed by atoms with E-state index in [-0.39, 0.29) is 53.9 Å². The van der Waals surface area contributed by atoms with Gasteiger partial charge in [0, 0.05) is 29.7 Å². The van der Waals surface area contributed by atoms with Crippen LogP contribution < -0.4 is 4.87 Å². The number of aryl methyl sites for hydroxylation is 1. The third-order valence-corrected chi connectivity index (χ3v) is 8.11. The molecule has 1 atom stereocenters. The van der Waals surface area contributed by atoms with Crippen LogP contribution in [0.5, 0.6) is 0 Å². The molecule has 2 fully saturated rings. The van der Waals surface area contributed by atoms with Crippen molar-refractivity contribution in [3.63, 3.8) is 0 Å². The van der Waals surface area contributed by atoms with Gasteiger partial charge in [0.2, 0.25) is 0 Å². The molecule has 1 aliphatic heterocycles. The van der Waals surface area contributed by atoms with E-state index in [9.17, 15) is 22.8 Å². The van der Waals surface area contributed by atoms with Crippen LogP contribution >= 0.6 is 11.3 Å². The number of amides is 1. The van der Waals surface area contributed by atoms with Gasteiger partial charge in [-0.3, -0.25) is 14.4 Å². The lowest BCUT2D eigenvalue weighted by molar-refractivity contribution is -0.154. The molecule has 2 heterocycles. The molecule has 1 amide bonds. The third kappa shape index (κ3) is 5.02. The van der Waals surface area contributed by atoms with E-state index in [0.29, 0.717) is 6.42 Å². The van der Waals surface area contributed by atoms with Crippen molar-refractivity contribution >= 4 is 33.1 Å². The second kappa shape index (κ2) is 8.77. The van der Waals surface area contributed by atoms with Gasteiger partial charge in [-0.2, -0.15) is 0 Å². The van der Waals surface area contributed by atoms with E-state index in [1.54, 1.807) is 17.2 Å². The van der Waals surface area contributed by atoms with Crippen molar-refractivity contribution in [3.8, 4) is 0 Å². The van der Waals surface area contributed by atoms with Crippen LogP contribution in [0.3, 0.4) is 0 Å². The van der Waals surface area contributed by atoms with Crippen LogP contribution in [-0.2, 0) is 30.7 Å². The number of rotatable bonds is 7. The second-order valence-electron chi connectivity index (χ2n) is 7.50. The fourth-order valence-electron chi connectivity index (χ4n) is 4.05. The van der Waals surface area contributed by atoms with Crippen LogP contribution in [0.15, 0.2) is 10.2 Å².